The van der Waals surface area contributed by atoms with E-state index in [9.17, 15) is 9.18 Å². The summed E-state index contributed by atoms with van der Waals surface area (Å²) in [6, 6.07) is 19.9. The van der Waals surface area contributed by atoms with Crippen molar-refractivity contribution in [3.8, 4) is 11.5 Å². The first-order chi connectivity index (χ1) is 15.2. The molecule has 0 saturated carbocycles. The summed E-state index contributed by atoms with van der Waals surface area (Å²) in [6.07, 6.45) is 2.20. The first-order valence-corrected chi connectivity index (χ1v) is 10.1. The van der Waals surface area contributed by atoms with Crippen molar-refractivity contribution in [1.29, 1.82) is 0 Å². The van der Waals surface area contributed by atoms with Crippen LogP contribution in [0.25, 0.3) is 10.9 Å². The van der Waals surface area contributed by atoms with Crippen LogP contribution in [-0.4, -0.2) is 17.7 Å². The number of nitrogens with one attached hydrogen (secondary N) is 2. The van der Waals surface area contributed by atoms with E-state index in [1.807, 2.05) is 48.7 Å². The molecule has 0 saturated heterocycles. The van der Waals surface area contributed by atoms with E-state index in [0.29, 0.717) is 18.0 Å². The van der Waals surface area contributed by atoms with Gasteiger partial charge in [-0.25, -0.2) is 4.39 Å². The summed E-state index contributed by atoms with van der Waals surface area (Å²) in [7, 11) is 0. The molecule has 1 aromatic heterocycles. The number of hydrogen-bond acceptors (Lipinski definition) is 3. The smallest absolute Gasteiger partial charge is 0.231 e. The van der Waals surface area contributed by atoms with Crippen LogP contribution in [0.15, 0.2) is 72.9 Å². The van der Waals surface area contributed by atoms with Crippen LogP contribution in [0, 0.1) is 5.82 Å². The van der Waals surface area contributed by atoms with Crippen molar-refractivity contribution in [2.45, 2.75) is 18.9 Å². The molecule has 5 rings (SSSR count). The Morgan fingerprint density at radius 2 is 1.84 bits per heavy atom. The van der Waals surface area contributed by atoms with Gasteiger partial charge in [-0.05, 0) is 35.4 Å². The summed E-state index contributed by atoms with van der Waals surface area (Å²) in [6.45, 7) is 0.510. The number of fused-ring (bicyclic) bond motifs is 2. The molecule has 0 fully saturated rings. The molecule has 2 heterocycles. The van der Waals surface area contributed by atoms with Crippen molar-refractivity contribution in [3.63, 3.8) is 0 Å². The Kier molecular flexibility index (Phi) is 5.04. The van der Waals surface area contributed by atoms with Gasteiger partial charge in [0.05, 0.1) is 0 Å². The average molecular weight is 416 g/mol. The maximum atomic E-state index is 13.1. The Morgan fingerprint density at radius 1 is 1.00 bits per heavy atom. The van der Waals surface area contributed by atoms with Gasteiger partial charge in [0.25, 0.3) is 0 Å². The number of benzene rings is 3. The number of H-pyrrole nitrogens is 1. The Morgan fingerprint density at radius 3 is 2.71 bits per heavy atom. The van der Waals surface area contributed by atoms with Gasteiger partial charge in [-0.1, -0.05) is 42.5 Å². The van der Waals surface area contributed by atoms with Crippen molar-refractivity contribution in [2.24, 2.45) is 0 Å². The second-order valence-corrected chi connectivity index (χ2v) is 7.53. The molecule has 6 heteroatoms. The van der Waals surface area contributed by atoms with Crippen molar-refractivity contribution in [1.82, 2.24) is 10.3 Å². The number of carbonyl (C=O) groups excluding carboxylic acids is 1. The first-order valence-electron chi connectivity index (χ1n) is 10.1. The number of aromatic amines is 1. The van der Waals surface area contributed by atoms with Gasteiger partial charge in [-0.2, -0.15) is 0 Å². The van der Waals surface area contributed by atoms with E-state index in [4.69, 9.17) is 9.47 Å². The molecule has 3 aromatic carbocycles. The lowest BCUT2D eigenvalue weighted by atomic mass is 9.87. The average Bonchev–Trinajstić information content (AvgIpc) is 3.44. The highest BCUT2D eigenvalue weighted by Crippen LogP contribution is 2.44. The zero-order valence-electron chi connectivity index (χ0n) is 16.7. The summed E-state index contributed by atoms with van der Waals surface area (Å²) in [5.74, 6) is 0.755. The van der Waals surface area contributed by atoms with E-state index < -0.39 is 0 Å². The standard InChI is InChI=1S/C25H21FN2O3/c26-17-10-8-16(9-11-17)13-28-24(29)12-20(19-5-3-7-23-25(19)31-15-30-23)21-14-27-22-6-2-1-4-18(21)22/h1-11,14,20,27H,12-13,15H2,(H,28,29)/t20-/m1/s1. The fourth-order valence-corrected chi connectivity index (χ4v) is 4.06. The van der Waals surface area contributed by atoms with Crippen LogP contribution >= 0.6 is 0 Å². The molecule has 0 unspecified atom stereocenters. The minimum atomic E-state index is -0.297. The molecule has 1 atom stereocenters. The lowest BCUT2D eigenvalue weighted by Crippen LogP contribution is -2.25. The summed E-state index contributed by atoms with van der Waals surface area (Å²) in [5, 5.41) is 4.02. The second kappa shape index (κ2) is 8.14. The quantitative estimate of drug-likeness (QED) is 0.471. The number of hydrogen-bond donors (Lipinski definition) is 2. The number of amides is 1. The van der Waals surface area contributed by atoms with E-state index in [1.54, 1.807) is 12.1 Å². The highest BCUT2D eigenvalue weighted by atomic mass is 19.1. The topological polar surface area (TPSA) is 63.4 Å². The highest BCUT2D eigenvalue weighted by Gasteiger charge is 2.28. The lowest BCUT2D eigenvalue weighted by molar-refractivity contribution is -0.121. The van der Waals surface area contributed by atoms with E-state index in [0.717, 1.165) is 27.6 Å². The van der Waals surface area contributed by atoms with E-state index in [1.165, 1.54) is 12.1 Å². The van der Waals surface area contributed by atoms with Gasteiger partial charge >= 0.3 is 0 Å². The largest absolute Gasteiger partial charge is 0.454 e. The highest BCUT2D eigenvalue weighted by molar-refractivity contribution is 5.86. The normalized spacial score (nSPS) is 13.3. The molecule has 1 aliphatic heterocycles. The van der Waals surface area contributed by atoms with E-state index in [-0.39, 0.29) is 30.9 Å². The number of halogens is 1. The van der Waals surface area contributed by atoms with E-state index in [2.05, 4.69) is 10.3 Å². The third-order valence-electron chi connectivity index (χ3n) is 5.59. The van der Waals surface area contributed by atoms with Gasteiger partial charge < -0.3 is 19.8 Å². The molecular formula is C25H21FN2O3. The van der Waals surface area contributed by atoms with Gasteiger partial charge in [0.2, 0.25) is 12.7 Å². The molecule has 2 N–H and O–H groups in total. The van der Waals surface area contributed by atoms with Crippen molar-refractivity contribution in [2.75, 3.05) is 6.79 Å². The van der Waals surface area contributed by atoms with Crippen molar-refractivity contribution in [3.05, 3.63) is 95.4 Å². The number of para-hydroxylation sites is 2. The molecule has 156 valence electrons. The lowest BCUT2D eigenvalue weighted by Gasteiger charge is -2.19. The van der Waals surface area contributed by atoms with Crippen LogP contribution in [0.5, 0.6) is 11.5 Å². The minimum absolute atomic E-state index is 0.101. The SMILES string of the molecule is O=C(C[C@H](c1cccc2c1OCO2)c1c[nH]c2ccccc12)NCc1ccc(F)cc1. The number of rotatable bonds is 6. The monoisotopic (exact) mass is 416 g/mol. The third kappa shape index (κ3) is 3.84. The van der Waals surface area contributed by atoms with Gasteiger partial charge in [-0.15, -0.1) is 0 Å². The molecule has 5 nitrogen and oxygen atoms in total. The Bertz CT molecular complexity index is 1230. The predicted molar refractivity (Wildman–Crippen MR) is 116 cm³/mol. The zero-order valence-corrected chi connectivity index (χ0v) is 16.7. The number of ether oxygens (including phenoxy) is 2. The van der Waals surface area contributed by atoms with Crippen LogP contribution in [0.2, 0.25) is 0 Å². The molecule has 31 heavy (non-hydrogen) atoms. The molecule has 1 amide bonds. The molecule has 4 aromatic rings. The Balaban J connectivity index is 1.45. The predicted octanol–water partition coefficient (Wildman–Crippen LogP) is 4.87. The fraction of sp³-hybridized carbons (Fsp3) is 0.160. The van der Waals surface area contributed by atoms with Gasteiger partial charge in [0, 0.05) is 41.5 Å². The summed E-state index contributed by atoms with van der Waals surface area (Å²) in [5.41, 5.74) is 3.79. The molecule has 0 radical (unpaired) electrons. The Labute approximate surface area is 178 Å². The van der Waals surface area contributed by atoms with Gasteiger partial charge in [0.15, 0.2) is 11.5 Å². The van der Waals surface area contributed by atoms with Crippen LogP contribution in [0.3, 0.4) is 0 Å². The minimum Gasteiger partial charge on any atom is -0.454 e. The van der Waals surface area contributed by atoms with E-state index >= 15 is 0 Å². The van der Waals surface area contributed by atoms with Crippen LogP contribution in [0.4, 0.5) is 4.39 Å². The summed E-state index contributed by atoms with van der Waals surface area (Å²) >= 11 is 0. The van der Waals surface area contributed by atoms with Crippen LogP contribution in [-0.2, 0) is 11.3 Å². The third-order valence-corrected chi connectivity index (χ3v) is 5.59. The van der Waals surface area contributed by atoms with Crippen molar-refractivity contribution < 1.29 is 18.7 Å². The molecule has 0 aliphatic carbocycles. The maximum Gasteiger partial charge on any atom is 0.231 e. The van der Waals surface area contributed by atoms with Crippen LogP contribution < -0.4 is 14.8 Å². The first kappa shape index (κ1) is 19.2. The molecule has 0 bridgehead atoms. The molecule has 0 spiro atoms. The van der Waals surface area contributed by atoms with Crippen LogP contribution in [0.1, 0.15) is 29.0 Å². The zero-order chi connectivity index (χ0) is 21.2. The second-order valence-electron chi connectivity index (χ2n) is 7.53. The molecule has 1 aliphatic rings. The Hall–Kier alpha value is -3.80. The number of carbonyl (C=O) groups is 1. The fourth-order valence-electron chi connectivity index (χ4n) is 4.06. The number of aromatic nitrogens is 1. The summed E-state index contributed by atoms with van der Waals surface area (Å²) < 4.78 is 24.4. The van der Waals surface area contributed by atoms with Crippen molar-refractivity contribution >= 4 is 16.8 Å². The summed E-state index contributed by atoms with van der Waals surface area (Å²) in [4.78, 5) is 16.2. The van der Waals surface area contributed by atoms with Gasteiger partial charge in [-0.3, -0.25) is 4.79 Å². The maximum absolute atomic E-state index is 13.1. The molecular weight excluding hydrogens is 395 g/mol. The van der Waals surface area contributed by atoms with Gasteiger partial charge in [0.1, 0.15) is 5.82 Å².